The summed E-state index contributed by atoms with van der Waals surface area (Å²) in [5, 5.41) is 42.3. The number of amides is 5. The zero-order valence-corrected chi connectivity index (χ0v) is 32.6. The van der Waals surface area contributed by atoms with E-state index in [-0.39, 0.29) is 67.6 Å². The molecule has 0 saturated carbocycles. The van der Waals surface area contributed by atoms with Crippen molar-refractivity contribution in [1.29, 1.82) is 5.41 Å². The van der Waals surface area contributed by atoms with E-state index < -0.39 is 65.8 Å². The molecule has 0 spiro atoms. The number of phenols is 2. The number of hydrogen-bond acceptors (Lipinski definition) is 13. The second-order valence-corrected chi connectivity index (χ2v) is 13.6. The second kappa shape index (κ2) is 25.2. The third-order valence-electron chi connectivity index (χ3n) is 8.39. The Labute approximate surface area is 336 Å². The predicted octanol–water partition coefficient (Wildman–Crippen LogP) is -2.00. The van der Waals surface area contributed by atoms with E-state index in [0.717, 1.165) is 0 Å². The minimum atomic E-state index is -1.26. The Kier molecular flexibility index (Phi) is 21.2. The van der Waals surface area contributed by atoms with Crippen LogP contribution < -0.4 is 49.1 Å². The standard InChI is InChI=1S/C36H53N10O8S2/c37-14-2-1-4-27(33(52)46-30(20-56)35(54)42-23(18-47)16-21-6-10-24(48)11-7-21)43-32(51)28(5-3-15-41-36(39)40)44-34(53)29(45-31(50)26(38)19-55)17-22-8-12-25(49)13-9-22/h6-13,23,26-30,48-49,55-56H,1-5,14-17,19-20,37-38H2,(H,42,54)(H,43,51)(H,44,53)(H,45,50)(H,46,52)(H4,39,40,41)/t23-,26-,27-,28-,29-,30-/m0/s1. The predicted molar refractivity (Wildman–Crippen MR) is 217 cm³/mol. The van der Waals surface area contributed by atoms with Crippen LogP contribution in [0.1, 0.15) is 43.2 Å². The summed E-state index contributed by atoms with van der Waals surface area (Å²) in [4.78, 5) is 79.0. The molecule has 0 unspecified atom stereocenters. The van der Waals surface area contributed by atoms with Gasteiger partial charge in [0.2, 0.25) is 35.8 Å². The maximum Gasteiger partial charge on any atom is 0.244 e. The molecule has 15 N–H and O–H groups in total. The highest BCUT2D eigenvalue weighted by Gasteiger charge is 2.32. The first-order chi connectivity index (χ1) is 26.7. The van der Waals surface area contributed by atoms with Gasteiger partial charge in [-0.25, -0.2) is 0 Å². The summed E-state index contributed by atoms with van der Waals surface area (Å²) in [6.07, 6.45) is 3.06. The molecular formula is C36H53N10O8S2. The van der Waals surface area contributed by atoms with Crippen LogP contribution in [0.2, 0.25) is 0 Å². The average molecular weight is 818 g/mol. The Bertz CT molecular complexity index is 1600. The molecule has 2 aromatic rings. The maximum absolute atomic E-state index is 13.9. The molecule has 0 saturated heterocycles. The molecule has 56 heavy (non-hydrogen) atoms. The van der Waals surface area contributed by atoms with Crippen LogP contribution in [-0.4, -0.2) is 113 Å². The lowest BCUT2D eigenvalue weighted by molar-refractivity contribution is -0.134. The molecule has 1 radical (unpaired) electrons. The molecule has 307 valence electrons. The van der Waals surface area contributed by atoms with Gasteiger partial charge in [0.05, 0.1) is 12.1 Å². The third-order valence-corrected chi connectivity index (χ3v) is 9.15. The molecule has 5 amide bonds. The highest BCUT2D eigenvalue weighted by atomic mass is 32.1. The van der Waals surface area contributed by atoms with Gasteiger partial charge in [-0.1, -0.05) is 24.3 Å². The minimum Gasteiger partial charge on any atom is -0.508 e. The Morgan fingerprint density at radius 2 is 1.12 bits per heavy atom. The number of unbranched alkanes of at least 4 members (excludes halogenated alkanes) is 1. The van der Waals surface area contributed by atoms with Crippen LogP contribution in [0.15, 0.2) is 48.5 Å². The van der Waals surface area contributed by atoms with Crippen molar-refractivity contribution in [3.05, 3.63) is 59.7 Å². The lowest BCUT2D eigenvalue weighted by Crippen LogP contribution is -2.59. The molecule has 20 heteroatoms. The molecule has 0 aromatic heterocycles. The highest BCUT2D eigenvalue weighted by Crippen LogP contribution is 2.13. The van der Waals surface area contributed by atoms with Crippen molar-refractivity contribution >= 4 is 67.0 Å². The molecule has 0 bridgehead atoms. The Balaban J connectivity index is 2.29. The van der Waals surface area contributed by atoms with Gasteiger partial charge in [0.1, 0.15) is 35.7 Å². The van der Waals surface area contributed by atoms with Crippen LogP contribution in [0.4, 0.5) is 0 Å². The zero-order valence-electron chi connectivity index (χ0n) is 30.8. The van der Waals surface area contributed by atoms with Gasteiger partial charge in [-0.3, -0.25) is 34.2 Å². The number of carbonyl (C=O) groups excluding carboxylic acids is 6. The molecular weight excluding hydrogens is 765 g/mol. The SMILES string of the molecule is N=C(N)NCCC[C@H](NC(=O)[C@H](Cc1ccc(O)cc1)NC(=O)[C@@H](N)CS)C(=O)N[C@@H](CCCCN)C(=O)N[C@@H](CS)C(=O)N[C@H]([C]=O)Cc1ccc(O)cc1. The fraction of sp³-hybridized carbons (Fsp3) is 0.472. The molecule has 0 fully saturated rings. The van der Waals surface area contributed by atoms with Gasteiger partial charge in [0.15, 0.2) is 5.96 Å². The van der Waals surface area contributed by atoms with Gasteiger partial charge in [-0.2, -0.15) is 25.3 Å². The Morgan fingerprint density at radius 3 is 1.61 bits per heavy atom. The molecule has 18 nitrogen and oxygen atoms in total. The fourth-order valence-corrected chi connectivity index (χ4v) is 5.69. The van der Waals surface area contributed by atoms with E-state index in [4.69, 9.17) is 22.6 Å². The van der Waals surface area contributed by atoms with Crippen LogP contribution in [0, 0.1) is 5.41 Å². The van der Waals surface area contributed by atoms with Crippen molar-refractivity contribution < 1.29 is 39.0 Å². The average Bonchev–Trinajstić information content (AvgIpc) is 3.17. The first-order valence-corrected chi connectivity index (χ1v) is 19.2. The molecule has 6 atom stereocenters. The van der Waals surface area contributed by atoms with E-state index >= 15 is 0 Å². The number of phenolic OH excluding ortho intramolecular Hbond substituents is 2. The number of hydrogen-bond donors (Lipinski definition) is 14. The molecule has 0 aliphatic heterocycles. The topological polar surface area (TPSA) is 317 Å². The van der Waals surface area contributed by atoms with Gasteiger partial charge in [0, 0.05) is 30.9 Å². The van der Waals surface area contributed by atoms with Crippen molar-refractivity contribution in [2.24, 2.45) is 17.2 Å². The Morgan fingerprint density at radius 1 is 0.661 bits per heavy atom. The van der Waals surface area contributed by atoms with Crippen molar-refractivity contribution in [2.75, 3.05) is 24.6 Å². The van der Waals surface area contributed by atoms with E-state index in [1.165, 1.54) is 24.3 Å². The summed E-state index contributed by atoms with van der Waals surface area (Å²) < 4.78 is 0. The zero-order chi connectivity index (χ0) is 41.6. The van der Waals surface area contributed by atoms with Crippen molar-refractivity contribution in [2.45, 2.75) is 81.2 Å². The van der Waals surface area contributed by atoms with E-state index in [1.807, 2.05) is 0 Å². The summed E-state index contributed by atoms with van der Waals surface area (Å²) in [7, 11) is 0. The van der Waals surface area contributed by atoms with Gasteiger partial charge >= 0.3 is 0 Å². The number of guanidine groups is 1. The van der Waals surface area contributed by atoms with Crippen LogP contribution in [-0.2, 0) is 41.6 Å². The summed E-state index contributed by atoms with van der Waals surface area (Å²) >= 11 is 8.27. The van der Waals surface area contributed by atoms with Crippen LogP contribution in [0.3, 0.4) is 0 Å². The van der Waals surface area contributed by atoms with E-state index in [2.05, 4.69) is 57.2 Å². The minimum absolute atomic E-state index is 0.00700. The summed E-state index contributed by atoms with van der Waals surface area (Å²) in [6, 6.07) is 4.96. The lowest BCUT2D eigenvalue weighted by atomic mass is 10.0. The number of carbonyl (C=O) groups is 5. The van der Waals surface area contributed by atoms with Gasteiger partial charge in [0.25, 0.3) is 0 Å². The van der Waals surface area contributed by atoms with Gasteiger partial charge < -0.3 is 59.3 Å². The largest absolute Gasteiger partial charge is 0.508 e. The number of nitrogens with one attached hydrogen (secondary N) is 7. The van der Waals surface area contributed by atoms with E-state index in [1.54, 1.807) is 30.6 Å². The van der Waals surface area contributed by atoms with Crippen molar-refractivity contribution in [3.8, 4) is 11.5 Å². The quantitative estimate of drug-likeness (QED) is 0.0224. The first-order valence-electron chi connectivity index (χ1n) is 17.9. The first kappa shape index (κ1) is 47.1. The number of benzene rings is 2. The van der Waals surface area contributed by atoms with Gasteiger partial charge in [-0.15, -0.1) is 0 Å². The van der Waals surface area contributed by atoms with Crippen molar-refractivity contribution in [3.63, 3.8) is 0 Å². The molecule has 0 aliphatic carbocycles. The number of aromatic hydroxyl groups is 2. The van der Waals surface area contributed by atoms with Gasteiger partial charge in [-0.05, 0) is 74.0 Å². The van der Waals surface area contributed by atoms with E-state index in [0.29, 0.717) is 30.5 Å². The smallest absolute Gasteiger partial charge is 0.244 e. The normalized spacial score (nSPS) is 14.1. The van der Waals surface area contributed by atoms with Crippen LogP contribution in [0.25, 0.3) is 0 Å². The van der Waals surface area contributed by atoms with Crippen LogP contribution in [0.5, 0.6) is 11.5 Å². The molecule has 0 aliphatic rings. The number of thiol groups is 2. The summed E-state index contributed by atoms with van der Waals surface area (Å²) in [6.45, 7) is 0.478. The number of nitrogens with two attached hydrogens (primary N) is 3. The second-order valence-electron chi connectivity index (χ2n) is 12.9. The fourth-order valence-electron chi connectivity index (χ4n) is 5.27. The summed E-state index contributed by atoms with van der Waals surface area (Å²) in [5.41, 5.74) is 18.1. The van der Waals surface area contributed by atoms with Crippen LogP contribution >= 0.6 is 25.3 Å². The summed E-state index contributed by atoms with van der Waals surface area (Å²) in [5.74, 6) is -4.09. The third kappa shape index (κ3) is 17.2. The molecule has 0 heterocycles. The van der Waals surface area contributed by atoms with E-state index in [9.17, 15) is 39.0 Å². The monoisotopic (exact) mass is 817 g/mol. The van der Waals surface area contributed by atoms with Crippen molar-refractivity contribution in [1.82, 2.24) is 31.9 Å². The Hall–Kier alpha value is -5.05. The maximum atomic E-state index is 13.9. The molecule has 2 aromatic carbocycles. The lowest BCUT2D eigenvalue weighted by Gasteiger charge is -2.27. The highest BCUT2D eigenvalue weighted by molar-refractivity contribution is 7.80. The molecule has 2 rings (SSSR count). The number of rotatable bonds is 25.